The van der Waals surface area contributed by atoms with Crippen molar-refractivity contribution in [2.24, 2.45) is 0 Å². The summed E-state index contributed by atoms with van der Waals surface area (Å²) in [5.41, 5.74) is -1.64. The van der Waals surface area contributed by atoms with Crippen LogP contribution in [0.25, 0.3) is 0 Å². The molecule has 174 valence electrons. The predicted molar refractivity (Wildman–Crippen MR) is 118 cm³/mol. The van der Waals surface area contributed by atoms with Crippen LogP contribution in [-0.2, 0) is 14.8 Å². The predicted octanol–water partition coefficient (Wildman–Crippen LogP) is 2.29. The molecule has 2 aromatic carbocycles. The average molecular weight is 474 g/mol. The van der Waals surface area contributed by atoms with Gasteiger partial charge in [0.05, 0.1) is 15.4 Å². The standard InChI is InChI=1S/C21H22N4O7S/c1-12(24-19(27)15-9-6-10-16(25(29)30)17(15)20(24)28)18(26)22-13-7-5-8-14(11-13)33(31,32)23-21(2,3)4/h5-12,23H,1-4H3,(H,22,26). The Morgan fingerprint density at radius 2 is 1.73 bits per heavy atom. The van der Waals surface area contributed by atoms with Crippen molar-refractivity contribution in [3.63, 3.8) is 0 Å². The fraction of sp³-hybridized carbons (Fsp3) is 0.286. The molecule has 0 radical (unpaired) electrons. The van der Waals surface area contributed by atoms with Gasteiger partial charge in [0.2, 0.25) is 15.9 Å². The second-order valence-electron chi connectivity index (χ2n) is 8.49. The molecule has 12 heteroatoms. The van der Waals surface area contributed by atoms with Gasteiger partial charge in [0.1, 0.15) is 11.6 Å². The summed E-state index contributed by atoms with van der Waals surface area (Å²) in [5.74, 6) is -2.55. The van der Waals surface area contributed by atoms with Gasteiger partial charge in [-0.05, 0) is 52.0 Å². The van der Waals surface area contributed by atoms with Crippen LogP contribution in [-0.4, -0.2) is 47.5 Å². The Bertz CT molecular complexity index is 1280. The van der Waals surface area contributed by atoms with E-state index < -0.39 is 49.9 Å². The van der Waals surface area contributed by atoms with Gasteiger partial charge in [-0.25, -0.2) is 13.1 Å². The van der Waals surface area contributed by atoms with E-state index in [-0.39, 0.29) is 21.7 Å². The smallest absolute Gasteiger partial charge is 0.282 e. The fourth-order valence-corrected chi connectivity index (χ4v) is 4.82. The molecule has 0 saturated heterocycles. The zero-order chi connectivity index (χ0) is 24.7. The maximum Gasteiger partial charge on any atom is 0.282 e. The van der Waals surface area contributed by atoms with E-state index >= 15 is 0 Å². The number of nitrogens with zero attached hydrogens (tertiary/aromatic N) is 2. The van der Waals surface area contributed by atoms with Gasteiger partial charge in [-0.2, -0.15) is 0 Å². The van der Waals surface area contributed by atoms with E-state index in [1.54, 1.807) is 20.8 Å². The number of amides is 3. The summed E-state index contributed by atoms with van der Waals surface area (Å²) < 4.78 is 27.6. The van der Waals surface area contributed by atoms with Crippen LogP contribution in [0, 0.1) is 10.1 Å². The summed E-state index contributed by atoms with van der Waals surface area (Å²) >= 11 is 0. The van der Waals surface area contributed by atoms with E-state index in [1.807, 2.05) is 0 Å². The van der Waals surface area contributed by atoms with Crippen LogP contribution >= 0.6 is 0 Å². The lowest BCUT2D eigenvalue weighted by atomic mass is 10.1. The number of rotatable bonds is 6. The molecule has 33 heavy (non-hydrogen) atoms. The highest BCUT2D eigenvalue weighted by atomic mass is 32.2. The van der Waals surface area contributed by atoms with Crippen molar-refractivity contribution in [2.45, 2.75) is 44.2 Å². The molecule has 2 N–H and O–H groups in total. The third-order valence-electron chi connectivity index (χ3n) is 4.74. The maximum absolute atomic E-state index is 12.8. The van der Waals surface area contributed by atoms with Gasteiger partial charge in [0.15, 0.2) is 0 Å². The third-order valence-corrected chi connectivity index (χ3v) is 6.50. The first-order chi connectivity index (χ1) is 15.2. The molecule has 0 fully saturated rings. The molecule has 0 bridgehead atoms. The number of nitro benzene ring substituents is 1. The van der Waals surface area contributed by atoms with E-state index in [2.05, 4.69) is 10.0 Å². The molecule has 0 aliphatic carbocycles. The minimum absolute atomic E-state index is 0.0840. The molecular weight excluding hydrogens is 452 g/mol. The van der Waals surface area contributed by atoms with Crippen molar-refractivity contribution in [3.8, 4) is 0 Å². The van der Waals surface area contributed by atoms with Gasteiger partial charge >= 0.3 is 0 Å². The monoisotopic (exact) mass is 474 g/mol. The minimum atomic E-state index is -3.86. The molecular formula is C21H22N4O7S. The lowest BCUT2D eigenvalue weighted by molar-refractivity contribution is -0.385. The van der Waals surface area contributed by atoms with E-state index in [0.717, 1.165) is 6.07 Å². The van der Waals surface area contributed by atoms with Crippen molar-refractivity contribution in [2.75, 3.05) is 5.32 Å². The van der Waals surface area contributed by atoms with Gasteiger partial charge in [0, 0.05) is 17.3 Å². The van der Waals surface area contributed by atoms with Crippen molar-refractivity contribution < 1.29 is 27.7 Å². The number of carbonyl (C=O) groups excluding carboxylic acids is 3. The number of carbonyl (C=O) groups is 3. The summed E-state index contributed by atoms with van der Waals surface area (Å²) in [5, 5.41) is 13.7. The molecule has 1 atom stereocenters. The second-order valence-corrected chi connectivity index (χ2v) is 10.2. The van der Waals surface area contributed by atoms with Crippen molar-refractivity contribution in [1.29, 1.82) is 0 Å². The van der Waals surface area contributed by atoms with Crippen LogP contribution in [0.5, 0.6) is 0 Å². The zero-order valence-corrected chi connectivity index (χ0v) is 19.1. The lowest BCUT2D eigenvalue weighted by Gasteiger charge is -2.22. The van der Waals surface area contributed by atoms with E-state index in [0.29, 0.717) is 4.90 Å². The number of imide groups is 1. The van der Waals surface area contributed by atoms with E-state index in [1.165, 1.54) is 43.3 Å². The summed E-state index contributed by atoms with van der Waals surface area (Å²) in [4.78, 5) is 49.3. The minimum Gasteiger partial charge on any atom is -0.324 e. The summed E-state index contributed by atoms with van der Waals surface area (Å²) in [6.45, 7) is 6.35. The third kappa shape index (κ3) is 4.76. The van der Waals surface area contributed by atoms with Crippen molar-refractivity contribution in [3.05, 3.63) is 63.7 Å². The Morgan fingerprint density at radius 1 is 1.09 bits per heavy atom. The van der Waals surface area contributed by atoms with E-state index in [9.17, 15) is 32.9 Å². The van der Waals surface area contributed by atoms with Crippen LogP contribution in [0.15, 0.2) is 47.4 Å². The highest BCUT2D eigenvalue weighted by molar-refractivity contribution is 7.89. The SMILES string of the molecule is CC(C(=O)Nc1cccc(S(=O)(=O)NC(C)(C)C)c1)N1C(=O)c2cccc([N+](=O)[O-])c2C1=O. The van der Waals surface area contributed by atoms with E-state index in [4.69, 9.17) is 0 Å². The molecule has 3 rings (SSSR count). The average Bonchev–Trinajstić information content (AvgIpc) is 2.96. The Morgan fingerprint density at radius 3 is 2.33 bits per heavy atom. The molecule has 2 aromatic rings. The first-order valence-electron chi connectivity index (χ1n) is 9.83. The number of nitrogens with one attached hydrogen (secondary N) is 2. The zero-order valence-electron chi connectivity index (χ0n) is 18.3. The number of sulfonamides is 1. The van der Waals surface area contributed by atoms with Crippen LogP contribution in [0.4, 0.5) is 11.4 Å². The van der Waals surface area contributed by atoms with Crippen LogP contribution in [0.2, 0.25) is 0 Å². The highest BCUT2D eigenvalue weighted by Crippen LogP contribution is 2.32. The second kappa shape index (κ2) is 8.37. The molecule has 0 saturated carbocycles. The number of nitro groups is 1. The molecule has 11 nitrogen and oxygen atoms in total. The lowest BCUT2D eigenvalue weighted by Crippen LogP contribution is -2.45. The maximum atomic E-state index is 12.8. The molecule has 3 amide bonds. The van der Waals surface area contributed by atoms with Gasteiger partial charge in [0.25, 0.3) is 17.5 Å². The highest BCUT2D eigenvalue weighted by Gasteiger charge is 2.44. The Labute approximate surface area is 190 Å². The number of anilines is 1. The van der Waals surface area contributed by atoms with Crippen molar-refractivity contribution >= 4 is 39.1 Å². The molecule has 1 aliphatic rings. The summed E-state index contributed by atoms with van der Waals surface area (Å²) in [6.07, 6.45) is 0. The van der Waals surface area contributed by atoms with Gasteiger partial charge in [-0.15, -0.1) is 0 Å². The quantitative estimate of drug-likeness (QED) is 0.369. The number of hydrogen-bond donors (Lipinski definition) is 2. The Hall–Kier alpha value is -3.64. The fourth-order valence-electron chi connectivity index (χ4n) is 3.36. The van der Waals surface area contributed by atoms with Crippen LogP contribution in [0.1, 0.15) is 48.4 Å². The molecule has 1 aliphatic heterocycles. The van der Waals surface area contributed by atoms with Gasteiger partial charge < -0.3 is 5.32 Å². The normalized spacial score (nSPS) is 14.7. The number of benzene rings is 2. The van der Waals surface area contributed by atoms with Crippen LogP contribution in [0.3, 0.4) is 0 Å². The van der Waals surface area contributed by atoms with Crippen LogP contribution < -0.4 is 10.0 Å². The molecule has 1 unspecified atom stereocenters. The molecule has 1 heterocycles. The van der Waals surface area contributed by atoms with Gasteiger partial charge in [-0.3, -0.25) is 29.4 Å². The van der Waals surface area contributed by atoms with Gasteiger partial charge in [-0.1, -0.05) is 12.1 Å². The topological polar surface area (TPSA) is 156 Å². The number of hydrogen-bond acceptors (Lipinski definition) is 7. The first kappa shape index (κ1) is 24.0. The van der Waals surface area contributed by atoms with Crippen molar-refractivity contribution in [1.82, 2.24) is 9.62 Å². The molecule has 0 spiro atoms. The summed E-state index contributed by atoms with van der Waals surface area (Å²) in [7, 11) is -3.86. The molecule has 0 aromatic heterocycles. The summed E-state index contributed by atoms with van der Waals surface area (Å²) in [6, 6.07) is 7.84. The Balaban J connectivity index is 1.84. The largest absolute Gasteiger partial charge is 0.324 e. The number of fused-ring (bicyclic) bond motifs is 1. The Kier molecular flexibility index (Phi) is 6.09. The first-order valence-corrected chi connectivity index (χ1v) is 11.3.